The summed E-state index contributed by atoms with van der Waals surface area (Å²) in [7, 11) is -3.20. The van der Waals surface area contributed by atoms with E-state index >= 15 is 0 Å². The van der Waals surface area contributed by atoms with Crippen molar-refractivity contribution in [1.29, 1.82) is 0 Å². The van der Waals surface area contributed by atoms with Gasteiger partial charge in [-0.1, -0.05) is 19.1 Å². The number of hydrogen-bond donors (Lipinski definition) is 2. The van der Waals surface area contributed by atoms with Gasteiger partial charge in [-0.3, -0.25) is 0 Å². The Hall–Kier alpha value is -1.82. The van der Waals surface area contributed by atoms with Crippen molar-refractivity contribution < 1.29 is 8.42 Å². The second kappa shape index (κ2) is 5.88. The summed E-state index contributed by atoms with van der Waals surface area (Å²) in [5.74, 6) is 0.979. The van der Waals surface area contributed by atoms with E-state index in [1.807, 2.05) is 6.07 Å². The number of H-pyrrole nitrogens is 1. The Morgan fingerprint density at radius 1 is 1.32 bits per heavy atom. The first-order chi connectivity index (χ1) is 9.13. The highest BCUT2D eigenvalue weighted by Gasteiger charge is 2.15. The van der Waals surface area contributed by atoms with Crippen molar-refractivity contribution in [3.63, 3.8) is 0 Å². The summed E-state index contributed by atoms with van der Waals surface area (Å²) in [6.45, 7) is 2.28. The number of hydrogen-bond acceptors (Lipinski definition) is 4. The third kappa shape index (κ3) is 3.35. The maximum absolute atomic E-state index is 12.0. The predicted octanol–water partition coefficient (Wildman–Crippen LogP) is 1.86. The number of nitrogens with one attached hydrogen (secondary N) is 2. The van der Waals surface area contributed by atoms with Crippen LogP contribution in [-0.4, -0.2) is 30.7 Å². The molecule has 0 bridgehead atoms. The van der Waals surface area contributed by atoms with E-state index in [1.54, 1.807) is 37.5 Å². The van der Waals surface area contributed by atoms with Gasteiger partial charge >= 0.3 is 0 Å². The van der Waals surface area contributed by atoms with Crippen molar-refractivity contribution in [3.8, 4) is 0 Å². The molecule has 2 aromatic rings. The summed E-state index contributed by atoms with van der Waals surface area (Å²) < 4.78 is 23.9. The molecule has 0 saturated heterocycles. The van der Waals surface area contributed by atoms with Crippen LogP contribution in [0.2, 0.25) is 0 Å². The molecule has 1 heterocycles. The number of benzene rings is 1. The lowest BCUT2D eigenvalue weighted by molar-refractivity contribution is 0.597. The summed E-state index contributed by atoms with van der Waals surface area (Å²) in [5, 5.41) is 3.15. The molecule has 0 saturated carbocycles. The van der Waals surface area contributed by atoms with Crippen molar-refractivity contribution in [2.24, 2.45) is 0 Å². The van der Waals surface area contributed by atoms with E-state index < -0.39 is 9.84 Å². The average Bonchev–Trinajstić information content (AvgIpc) is 2.92. The monoisotopic (exact) mass is 279 g/mol. The molecular formula is C13H17N3O2S. The molecular weight excluding hydrogens is 262 g/mol. The van der Waals surface area contributed by atoms with Gasteiger partial charge in [0, 0.05) is 25.4 Å². The molecule has 0 radical (unpaired) electrons. The van der Waals surface area contributed by atoms with Gasteiger partial charge in [-0.15, -0.1) is 0 Å². The fourth-order valence-electron chi connectivity index (χ4n) is 1.79. The highest BCUT2D eigenvalue weighted by atomic mass is 32.2. The normalized spacial score (nSPS) is 11.4. The SMILES string of the molecule is CCS(=O)(=O)c1ccccc1NCCc1ncc[nH]1. The number of rotatable bonds is 6. The second-order valence-corrected chi connectivity index (χ2v) is 6.36. The van der Waals surface area contributed by atoms with Gasteiger partial charge in [-0.05, 0) is 12.1 Å². The zero-order valence-electron chi connectivity index (χ0n) is 10.8. The molecule has 0 aliphatic heterocycles. The first-order valence-corrected chi connectivity index (χ1v) is 7.82. The molecule has 102 valence electrons. The lowest BCUT2D eigenvalue weighted by atomic mass is 10.3. The summed E-state index contributed by atoms with van der Waals surface area (Å²) >= 11 is 0. The lowest BCUT2D eigenvalue weighted by Crippen LogP contribution is -2.11. The Morgan fingerprint density at radius 3 is 2.79 bits per heavy atom. The van der Waals surface area contributed by atoms with Crippen LogP contribution in [0.3, 0.4) is 0 Å². The van der Waals surface area contributed by atoms with E-state index in [1.165, 1.54) is 0 Å². The number of anilines is 1. The van der Waals surface area contributed by atoms with Gasteiger partial charge in [0.05, 0.1) is 16.3 Å². The fraction of sp³-hybridized carbons (Fsp3) is 0.308. The largest absolute Gasteiger partial charge is 0.384 e. The molecule has 6 heteroatoms. The van der Waals surface area contributed by atoms with E-state index in [2.05, 4.69) is 15.3 Å². The molecule has 0 fully saturated rings. The summed E-state index contributed by atoms with van der Waals surface area (Å²) in [6.07, 6.45) is 4.18. The van der Waals surface area contributed by atoms with Crippen LogP contribution in [-0.2, 0) is 16.3 Å². The van der Waals surface area contributed by atoms with E-state index in [9.17, 15) is 8.42 Å². The van der Waals surface area contributed by atoms with E-state index in [0.717, 1.165) is 5.82 Å². The summed E-state index contributed by atoms with van der Waals surface area (Å²) in [5.41, 5.74) is 0.649. The molecule has 2 rings (SSSR count). The molecule has 19 heavy (non-hydrogen) atoms. The third-order valence-corrected chi connectivity index (χ3v) is 4.62. The van der Waals surface area contributed by atoms with Crippen LogP contribution in [0.15, 0.2) is 41.6 Å². The Kier molecular flexibility index (Phi) is 4.21. The van der Waals surface area contributed by atoms with Gasteiger partial charge in [0.25, 0.3) is 0 Å². The zero-order valence-corrected chi connectivity index (χ0v) is 11.6. The molecule has 0 unspecified atom stereocenters. The van der Waals surface area contributed by atoms with Crippen LogP contribution >= 0.6 is 0 Å². The molecule has 0 spiro atoms. The number of sulfone groups is 1. The van der Waals surface area contributed by atoms with Crippen LogP contribution < -0.4 is 5.32 Å². The lowest BCUT2D eigenvalue weighted by Gasteiger charge is -2.11. The molecule has 0 aliphatic rings. The Balaban J connectivity index is 2.08. The Bertz CT molecular complexity index is 621. The number of para-hydroxylation sites is 1. The summed E-state index contributed by atoms with van der Waals surface area (Å²) in [6, 6.07) is 6.98. The number of imidazole rings is 1. The van der Waals surface area contributed by atoms with Crippen molar-refractivity contribution in [1.82, 2.24) is 9.97 Å². The molecule has 0 atom stereocenters. The van der Waals surface area contributed by atoms with Crippen molar-refractivity contribution in [3.05, 3.63) is 42.5 Å². The highest BCUT2D eigenvalue weighted by molar-refractivity contribution is 7.91. The Labute approximate surface area is 113 Å². The molecule has 2 N–H and O–H groups in total. The minimum atomic E-state index is -3.20. The quantitative estimate of drug-likeness (QED) is 0.846. The molecule has 0 aliphatic carbocycles. The van der Waals surface area contributed by atoms with Crippen LogP contribution in [0.25, 0.3) is 0 Å². The van der Waals surface area contributed by atoms with Crippen LogP contribution in [0, 0.1) is 0 Å². The van der Waals surface area contributed by atoms with Gasteiger partial charge in [0.15, 0.2) is 9.84 Å². The van der Waals surface area contributed by atoms with Crippen LogP contribution in [0.5, 0.6) is 0 Å². The van der Waals surface area contributed by atoms with Gasteiger partial charge in [-0.2, -0.15) is 0 Å². The summed E-state index contributed by atoms with van der Waals surface area (Å²) in [4.78, 5) is 7.49. The van der Waals surface area contributed by atoms with Crippen LogP contribution in [0.4, 0.5) is 5.69 Å². The molecule has 0 amide bonds. The maximum Gasteiger partial charge on any atom is 0.180 e. The topological polar surface area (TPSA) is 74.8 Å². The number of nitrogens with zero attached hydrogens (tertiary/aromatic N) is 1. The average molecular weight is 279 g/mol. The number of aromatic nitrogens is 2. The van der Waals surface area contributed by atoms with Gasteiger partial charge < -0.3 is 10.3 Å². The van der Waals surface area contributed by atoms with Gasteiger partial charge in [0.2, 0.25) is 0 Å². The van der Waals surface area contributed by atoms with Crippen molar-refractivity contribution in [2.75, 3.05) is 17.6 Å². The zero-order chi connectivity index (χ0) is 13.7. The standard InChI is InChI=1S/C13H17N3O2S/c1-2-19(17,18)12-6-4-3-5-11(12)14-8-7-13-15-9-10-16-13/h3-6,9-10,14H,2,7-8H2,1H3,(H,15,16). The minimum Gasteiger partial charge on any atom is -0.384 e. The maximum atomic E-state index is 12.0. The van der Waals surface area contributed by atoms with Gasteiger partial charge in [0.1, 0.15) is 5.82 Å². The van der Waals surface area contributed by atoms with Crippen LogP contribution in [0.1, 0.15) is 12.7 Å². The number of aromatic amines is 1. The minimum absolute atomic E-state index is 0.101. The van der Waals surface area contributed by atoms with E-state index in [-0.39, 0.29) is 5.75 Å². The first-order valence-electron chi connectivity index (χ1n) is 6.17. The molecule has 5 nitrogen and oxygen atoms in total. The molecule has 1 aromatic carbocycles. The van der Waals surface area contributed by atoms with Crippen molar-refractivity contribution >= 4 is 15.5 Å². The highest BCUT2D eigenvalue weighted by Crippen LogP contribution is 2.21. The van der Waals surface area contributed by atoms with Crippen molar-refractivity contribution in [2.45, 2.75) is 18.2 Å². The third-order valence-electron chi connectivity index (χ3n) is 2.83. The second-order valence-electron chi connectivity index (χ2n) is 4.11. The van der Waals surface area contributed by atoms with E-state index in [4.69, 9.17) is 0 Å². The Morgan fingerprint density at radius 2 is 2.11 bits per heavy atom. The predicted molar refractivity (Wildman–Crippen MR) is 75.0 cm³/mol. The first kappa shape index (κ1) is 13.6. The smallest absolute Gasteiger partial charge is 0.180 e. The molecule has 1 aromatic heterocycles. The van der Waals surface area contributed by atoms with Gasteiger partial charge in [-0.25, -0.2) is 13.4 Å². The van der Waals surface area contributed by atoms with E-state index in [0.29, 0.717) is 23.5 Å². The fourth-order valence-corrected chi connectivity index (χ4v) is 2.86.